The van der Waals surface area contributed by atoms with Crippen LogP contribution in [0, 0.1) is 0 Å². The highest BCUT2D eigenvalue weighted by atomic mass is 32.2. The van der Waals surface area contributed by atoms with E-state index >= 15 is 0 Å². The molecule has 1 atom stereocenters. The lowest BCUT2D eigenvalue weighted by molar-refractivity contribution is 0.200. The predicted octanol–water partition coefficient (Wildman–Crippen LogP) is 3.61. The molecule has 3 aliphatic rings. The average Bonchev–Trinajstić information content (AvgIpc) is 3.51. The Balaban J connectivity index is 1.34. The number of aromatic nitrogens is 2. The maximum absolute atomic E-state index is 11.9. The summed E-state index contributed by atoms with van der Waals surface area (Å²) >= 11 is 3.55. The normalized spacial score (nSPS) is 24.0. The number of rotatable bonds is 3. The molecule has 0 bridgehead atoms. The van der Waals surface area contributed by atoms with Crippen molar-refractivity contribution < 1.29 is 8.42 Å². The van der Waals surface area contributed by atoms with E-state index in [4.69, 9.17) is 9.97 Å². The van der Waals surface area contributed by atoms with E-state index in [1.165, 1.54) is 28.7 Å². The molecule has 0 radical (unpaired) electrons. The van der Waals surface area contributed by atoms with Gasteiger partial charge in [-0.15, -0.1) is 22.7 Å². The molecule has 6 rings (SSSR count). The third kappa shape index (κ3) is 3.69. The predicted molar refractivity (Wildman–Crippen MR) is 128 cm³/mol. The SMILES string of the molecule is O=S1(=O)CCC(N2CCN(c3nc(-c4cccs4)nc4sc5c(c34)CCCC5)CC2)C1. The van der Waals surface area contributed by atoms with Gasteiger partial charge < -0.3 is 4.90 Å². The number of thiophene rings is 2. The van der Waals surface area contributed by atoms with E-state index in [0.29, 0.717) is 11.5 Å². The molecule has 5 heterocycles. The Hall–Kier alpha value is -1.55. The summed E-state index contributed by atoms with van der Waals surface area (Å²) in [6.45, 7) is 3.56. The second kappa shape index (κ2) is 7.79. The molecule has 0 N–H and O–H groups in total. The Morgan fingerprint density at radius 2 is 1.90 bits per heavy atom. The first-order valence-electron chi connectivity index (χ1n) is 11.1. The number of hydrogen-bond donors (Lipinski definition) is 0. The summed E-state index contributed by atoms with van der Waals surface area (Å²) in [5.74, 6) is 2.59. The maximum Gasteiger partial charge on any atom is 0.173 e. The van der Waals surface area contributed by atoms with Gasteiger partial charge in [0.25, 0.3) is 0 Å². The van der Waals surface area contributed by atoms with E-state index < -0.39 is 9.84 Å². The van der Waals surface area contributed by atoms with Crippen LogP contribution in [0.15, 0.2) is 17.5 Å². The fraction of sp³-hybridized carbons (Fsp3) is 0.545. The Kier molecular flexibility index (Phi) is 5.05. The Morgan fingerprint density at radius 3 is 2.65 bits per heavy atom. The fourth-order valence-corrected chi connectivity index (χ4v) is 8.92. The van der Waals surface area contributed by atoms with Crippen LogP contribution in [-0.2, 0) is 22.7 Å². The third-order valence-corrected chi connectivity index (χ3v) is 10.7. The molecule has 1 unspecified atom stereocenters. The van der Waals surface area contributed by atoms with Crippen molar-refractivity contribution in [3.63, 3.8) is 0 Å². The van der Waals surface area contributed by atoms with Gasteiger partial charge in [0.2, 0.25) is 0 Å². The first-order valence-corrected chi connectivity index (χ1v) is 14.6. The van der Waals surface area contributed by atoms with E-state index in [2.05, 4.69) is 27.3 Å². The van der Waals surface area contributed by atoms with Crippen molar-refractivity contribution in [1.29, 1.82) is 0 Å². The Morgan fingerprint density at radius 1 is 1.06 bits per heavy atom. The first kappa shape index (κ1) is 20.1. The number of nitrogens with zero attached hydrogens (tertiary/aromatic N) is 4. The fourth-order valence-electron chi connectivity index (χ4n) is 5.25. The van der Waals surface area contributed by atoms with Gasteiger partial charge in [-0.05, 0) is 49.1 Å². The second-order valence-electron chi connectivity index (χ2n) is 8.82. The van der Waals surface area contributed by atoms with Crippen LogP contribution in [-0.4, -0.2) is 67.0 Å². The minimum absolute atomic E-state index is 0.188. The smallest absolute Gasteiger partial charge is 0.173 e. The van der Waals surface area contributed by atoms with Gasteiger partial charge in [-0.1, -0.05) is 6.07 Å². The van der Waals surface area contributed by atoms with Crippen LogP contribution < -0.4 is 4.90 Å². The molecule has 31 heavy (non-hydrogen) atoms. The highest BCUT2D eigenvalue weighted by molar-refractivity contribution is 7.91. The largest absolute Gasteiger partial charge is 0.353 e. The van der Waals surface area contributed by atoms with Crippen molar-refractivity contribution in [2.75, 3.05) is 42.6 Å². The topological polar surface area (TPSA) is 66.4 Å². The molecule has 9 heteroatoms. The molecule has 164 valence electrons. The van der Waals surface area contributed by atoms with E-state index in [1.807, 2.05) is 11.3 Å². The molecular formula is C22H26N4O2S3. The van der Waals surface area contributed by atoms with Crippen molar-refractivity contribution in [2.45, 2.75) is 38.1 Å². The lowest BCUT2D eigenvalue weighted by Gasteiger charge is -2.38. The van der Waals surface area contributed by atoms with E-state index in [0.717, 1.165) is 66.8 Å². The minimum Gasteiger partial charge on any atom is -0.353 e. The lowest BCUT2D eigenvalue weighted by Crippen LogP contribution is -2.51. The maximum atomic E-state index is 11.9. The summed E-state index contributed by atoms with van der Waals surface area (Å²) in [5, 5.41) is 3.35. The summed E-state index contributed by atoms with van der Waals surface area (Å²) in [7, 11) is -2.85. The highest BCUT2D eigenvalue weighted by Gasteiger charge is 2.34. The molecule has 0 saturated carbocycles. The average molecular weight is 475 g/mol. The Bertz CT molecular complexity index is 1210. The van der Waals surface area contributed by atoms with E-state index in [1.54, 1.807) is 11.3 Å². The number of anilines is 1. The van der Waals surface area contributed by atoms with Gasteiger partial charge >= 0.3 is 0 Å². The number of piperazine rings is 1. The van der Waals surface area contributed by atoms with Crippen LogP contribution in [0.4, 0.5) is 5.82 Å². The number of aryl methyl sites for hydroxylation is 2. The van der Waals surface area contributed by atoms with Crippen LogP contribution in [0.1, 0.15) is 29.7 Å². The zero-order valence-electron chi connectivity index (χ0n) is 17.4. The van der Waals surface area contributed by atoms with Crippen molar-refractivity contribution >= 4 is 48.5 Å². The summed E-state index contributed by atoms with van der Waals surface area (Å²) in [6, 6.07) is 4.34. The summed E-state index contributed by atoms with van der Waals surface area (Å²) in [4.78, 5) is 18.6. The number of hydrogen-bond acceptors (Lipinski definition) is 8. The van der Waals surface area contributed by atoms with Gasteiger partial charge in [0.15, 0.2) is 15.7 Å². The number of fused-ring (bicyclic) bond motifs is 3. The molecule has 0 spiro atoms. The zero-order valence-corrected chi connectivity index (χ0v) is 19.9. The summed E-state index contributed by atoms with van der Waals surface area (Å²) in [6.07, 6.45) is 5.58. The molecular weight excluding hydrogens is 448 g/mol. The lowest BCUT2D eigenvalue weighted by atomic mass is 9.97. The molecule has 6 nitrogen and oxygen atoms in total. The molecule has 2 aliphatic heterocycles. The molecule has 3 aromatic heterocycles. The summed E-state index contributed by atoms with van der Waals surface area (Å²) < 4.78 is 23.8. The molecule has 3 aromatic rings. The molecule has 2 saturated heterocycles. The van der Waals surface area contributed by atoms with Crippen LogP contribution in [0.2, 0.25) is 0 Å². The highest BCUT2D eigenvalue weighted by Crippen LogP contribution is 2.41. The van der Waals surface area contributed by atoms with Gasteiger partial charge in [0.05, 0.1) is 21.8 Å². The van der Waals surface area contributed by atoms with Gasteiger partial charge in [-0.3, -0.25) is 4.90 Å². The zero-order chi connectivity index (χ0) is 21.0. The monoisotopic (exact) mass is 474 g/mol. The minimum atomic E-state index is -2.85. The summed E-state index contributed by atoms with van der Waals surface area (Å²) in [5.41, 5.74) is 1.48. The van der Waals surface area contributed by atoms with Crippen molar-refractivity contribution in [3.8, 4) is 10.7 Å². The second-order valence-corrected chi connectivity index (χ2v) is 13.1. The molecule has 0 amide bonds. The van der Waals surface area contributed by atoms with Crippen LogP contribution in [0.3, 0.4) is 0 Å². The number of sulfone groups is 1. The van der Waals surface area contributed by atoms with Crippen molar-refractivity contribution in [1.82, 2.24) is 14.9 Å². The van der Waals surface area contributed by atoms with Gasteiger partial charge in [-0.25, -0.2) is 18.4 Å². The Labute approximate surface area is 190 Å². The quantitative estimate of drug-likeness (QED) is 0.578. The van der Waals surface area contributed by atoms with Gasteiger partial charge in [0, 0.05) is 37.1 Å². The van der Waals surface area contributed by atoms with Gasteiger partial charge in [-0.2, -0.15) is 0 Å². The van der Waals surface area contributed by atoms with E-state index in [9.17, 15) is 8.42 Å². The van der Waals surface area contributed by atoms with Crippen LogP contribution in [0.5, 0.6) is 0 Å². The first-order chi connectivity index (χ1) is 15.1. The molecule has 2 fully saturated rings. The van der Waals surface area contributed by atoms with Crippen molar-refractivity contribution in [3.05, 3.63) is 28.0 Å². The van der Waals surface area contributed by atoms with Crippen LogP contribution >= 0.6 is 22.7 Å². The van der Waals surface area contributed by atoms with Crippen LogP contribution in [0.25, 0.3) is 20.9 Å². The molecule has 0 aromatic carbocycles. The third-order valence-electron chi connectivity index (χ3n) is 6.88. The van der Waals surface area contributed by atoms with E-state index in [-0.39, 0.29) is 6.04 Å². The van der Waals surface area contributed by atoms with Gasteiger partial charge in [0.1, 0.15) is 10.6 Å². The van der Waals surface area contributed by atoms with Crippen molar-refractivity contribution in [2.24, 2.45) is 0 Å². The molecule has 1 aliphatic carbocycles. The standard InChI is InChI=1S/C22H26N4O2S3/c27-31(28)13-7-15(14-31)25-8-10-26(11-9-25)21-19-16-4-1-2-5-17(16)30-22(19)24-20(23-21)18-6-3-12-29-18/h3,6,12,15H,1-2,4-5,7-11,13-14H2.